The third-order valence-corrected chi connectivity index (χ3v) is 5.19. The Hall–Kier alpha value is -0.950. The van der Waals surface area contributed by atoms with Crippen LogP contribution >= 0.6 is 0 Å². The smallest absolute Gasteiger partial charge is 0.0898 e. The number of hydrogen-bond donors (Lipinski definition) is 1. The molecule has 6 nitrogen and oxygen atoms in total. The number of aliphatic hydroxyl groups is 1. The van der Waals surface area contributed by atoms with Crippen molar-refractivity contribution >= 4 is 0 Å². The predicted octanol–water partition coefficient (Wildman–Crippen LogP) is 0.985. The van der Waals surface area contributed by atoms with Crippen LogP contribution < -0.4 is 0 Å². The van der Waals surface area contributed by atoms with Crippen molar-refractivity contribution in [2.24, 2.45) is 5.92 Å². The van der Waals surface area contributed by atoms with Crippen LogP contribution in [0, 0.1) is 12.8 Å². The van der Waals surface area contributed by atoms with Crippen LogP contribution in [0.3, 0.4) is 0 Å². The minimum absolute atomic E-state index is 0.154. The Balaban J connectivity index is 1.41. The van der Waals surface area contributed by atoms with Crippen LogP contribution in [0.5, 0.6) is 0 Å². The topological polar surface area (TPSA) is 53.8 Å². The Morgan fingerprint density at radius 2 is 2.00 bits per heavy atom. The molecule has 6 heteroatoms. The number of likely N-dealkylation sites (tertiary alicyclic amines) is 1. The SMILES string of the molecule is Cc1cnn(CC2CN(CC(O)CN3CCC(C)CC3)CCO2)c1. The fraction of sp³-hybridized carbons (Fsp3) is 0.833. The van der Waals surface area contributed by atoms with E-state index in [-0.39, 0.29) is 12.2 Å². The van der Waals surface area contributed by atoms with Crippen LogP contribution in [0.25, 0.3) is 0 Å². The number of nitrogens with zero attached hydrogens (tertiary/aromatic N) is 4. The largest absolute Gasteiger partial charge is 0.390 e. The van der Waals surface area contributed by atoms with Crippen molar-refractivity contribution in [2.45, 2.75) is 45.4 Å². The van der Waals surface area contributed by atoms with Crippen LogP contribution in [0.1, 0.15) is 25.3 Å². The molecule has 136 valence electrons. The lowest BCUT2D eigenvalue weighted by Crippen LogP contribution is -2.49. The summed E-state index contributed by atoms with van der Waals surface area (Å²) in [6, 6.07) is 0. The molecule has 2 atom stereocenters. The van der Waals surface area contributed by atoms with Gasteiger partial charge in [-0.2, -0.15) is 5.10 Å². The molecular formula is C18H32N4O2. The van der Waals surface area contributed by atoms with E-state index in [4.69, 9.17) is 4.74 Å². The lowest BCUT2D eigenvalue weighted by molar-refractivity contribution is -0.0513. The zero-order chi connectivity index (χ0) is 16.9. The van der Waals surface area contributed by atoms with Gasteiger partial charge in [0.15, 0.2) is 0 Å². The molecule has 0 bridgehead atoms. The van der Waals surface area contributed by atoms with Crippen LogP contribution in [0.4, 0.5) is 0 Å². The van der Waals surface area contributed by atoms with Crippen LogP contribution in [-0.4, -0.2) is 82.8 Å². The minimum Gasteiger partial charge on any atom is -0.390 e. The van der Waals surface area contributed by atoms with E-state index in [9.17, 15) is 5.11 Å². The molecule has 0 radical (unpaired) electrons. The molecule has 3 heterocycles. The Labute approximate surface area is 145 Å². The Kier molecular flexibility index (Phi) is 6.27. The van der Waals surface area contributed by atoms with Gasteiger partial charge in [0.25, 0.3) is 0 Å². The molecule has 2 aliphatic rings. The lowest BCUT2D eigenvalue weighted by atomic mass is 9.99. The van der Waals surface area contributed by atoms with E-state index in [1.165, 1.54) is 18.4 Å². The second-order valence-corrected chi connectivity index (χ2v) is 7.63. The van der Waals surface area contributed by atoms with Crippen molar-refractivity contribution < 1.29 is 9.84 Å². The number of morpholine rings is 1. The molecule has 2 fully saturated rings. The first-order chi connectivity index (χ1) is 11.6. The molecule has 0 spiro atoms. The number of β-amino-alcohol motifs (C(OH)–C–C–N with tert-alkyl or cyclic N) is 1. The second-order valence-electron chi connectivity index (χ2n) is 7.63. The molecule has 3 rings (SSSR count). The van der Waals surface area contributed by atoms with Crippen LogP contribution in [0.2, 0.25) is 0 Å². The van der Waals surface area contributed by atoms with Crippen molar-refractivity contribution in [3.63, 3.8) is 0 Å². The summed E-state index contributed by atoms with van der Waals surface area (Å²) >= 11 is 0. The van der Waals surface area contributed by atoms with Crippen molar-refractivity contribution in [1.82, 2.24) is 19.6 Å². The van der Waals surface area contributed by atoms with E-state index in [1.54, 1.807) is 0 Å². The maximum Gasteiger partial charge on any atom is 0.0898 e. The van der Waals surface area contributed by atoms with Gasteiger partial charge in [-0.25, -0.2) is 0 Å². The zero-order valence-corrected chi connectivity index (χ0v) is 15.1. The molecule has 0 saturated carbocycles. The summed E-state index contributed by atoms with van der Waals surface area (Å²) in [5.74, 6) is 0.837. The summed E-state index contributed by atoms with van der Waals surface area (Å²) in [6.07, 6.45) is 6.33. The molecule has 0 aromatic carbocycles. The van der Waals surface area contributed by atoms with Crippen molar-refractivity contribution in [1.29, 1.82) is 0 Å². The first-order valence-corrected chi connectivity index (χ1v) is 9.32. The number of aromatic nitrogens is 2. The quantitative estimate of drug-likeness (QED) is 0.839. The Bertz CT molecular complexity index is 499. The standard InChI is InChI=1S/C18H32N4O2/c1-15-3-5-20(6-4-15)11-17(23)12-21-7-8-24-18(13-21)14-22-10-16(2)9-19-22/h9-10,15,17-18,23H,3-8,11-14H2,1-2H3. The summed E-state index contributed by atoms with van der Waals surface area (Å²) in [6.45, 7) is 11.5. The summed E-state index contributed by atoms with van der Waals surface area (Å²) in [4.78, 5) is 4.75. The van der Waals surface area contributed by atoms with E-state index >= 15 is 0 Å². The van der Waals surface area contributed by atoms with Crippen molar-refractivity contribution in [3.8, 4) is 0 Å². The van der Waals surface area contributed by atoms with Gasteiger partial charge in [-0.3, -0.25) is 9.58 Å². The van der Waals surface area contributed by atoms with Gasteiger partial charge in [0.2, 0.25) is 0 Å². The van der Waals surface area contributed by atoms with Gasteiger partial charge < -0.3 is 14.7 Å². The van der Waals surface area contributed by atoms with E-state index in [2.05, 4.69) is 34.9 Å². The first-order valence-electron chi connectivity index (χ1n) is 9.32. The van der Waals surface area contributed by atoms with Gasteiger partial charge in [-0.1, -0.05) is 6.92 Å². The highest BCUT2D eigenvalue weighted by Gasteiger charge is 2.24. The van der Waals surface area contributed by atoms with E-state index in [1.807, 2.05) is 10.9 Å². The molecule has 2 aliphatic heterocycles. The molecule has 1 aromatic heterocycles. The third kappa shape index (κ3) is 5.28. The molecule has 2 unspecified atom stereocenters. The monoisotopic (exact) mass is 336 g/mol. The number of aliphatic hydroxyl groups excluding tert-OH is 1. The van der Waals surface area contributed by atoms with E-state index < -0.39 is 0 Å². The van der Waals surface area contributed by atoms with Gasteiger partial charge in [-0.15, -0.1) is 0 Å². The van der Waals surface area contributed by atoms with Gasteiger partial charge in [0.1, 0.15) is 0 Å². The molecule has 1 aromatic rings. The number of piperidine rings is 1. The van der Waals surface area contributed by atoms with E-state index in [0.717, 1.165) is 58.3 Å². The Morgan fingerprint density at radius 3 is 2.71 bits per heavy atom. The Morgan fingerprint density at radius 1 is 1.25 bits per heavy atom. The molecule has 24 heavy (non-hydrogen) atoms. The van der Waals surface area contributed by atoms with Gasteiger partial charge in [-0.05, 0) is 44.3 Å². The summed E-state index contributed by atoms with van der Waals surface area (Å²) < 4.78 is 7.82. The number of ether oxygens (including phenoxy) is 1. The first kappa shape index (κ1) is 17.9. The molecular weight excluding hydrogens is 304 g/mol. The van der Waals surface area contributed by atoms with E-state index in [0.29, 0.717) is 0 Å². The highest BCUT2D eigenvalue weighted by atomic mass is 16.5. The average molecular weight is 336 g/mol. The average Bonchev–Trinajstić information content (AvgIpc) is 2.95. The number of rotatable bonds is 6. The number of aryl methyl sites for hydroxylation is 1. The fourth-order valence-electron chi connectivity index (χ4n) is 3.73. The van der Waals surface area contributed by atoms with Gasteiger partial charge in [0.05, 0.1) is 31.6 Å². The highest BCUT2D eigenvalue weighted by Crippen LogP contribution is 2.16. The molecule has 1 N–H and O–H groups in total. The maximum atomic E-state index is 10.5. The summed E-state index contributed by atoms with van der Waals surface area (Å²) in [5.41, 5.74) is 1.17. The van der Waals surface area contributed by atoms with Gasteiger partial charge in [0, 0.05) is 32.4 Å². The zero-order valence-electron chi connectivity index (χ0n) is 15.1. The lowest BCUT2D eigenvalue weighted by Gasteiger charge is -2.36. The maximum absolute atomic E-state index is 10.5. The summed E-state index contributed by atoms with van der Waals surface area (Å²) in [5, 5.41) is 14.8. The van der Waals surface area contributed by atoms with Crippen LogP contribution in [0.15, 0.2) is 12.4 Å². The van der Waals surface area contributed by atoms with Crippen molar-refractivity contribution in [3.05, 3.63) is 18.0 Å². The normalized spacial score (nSPS) is 25.9. The molecule has 2 saturated heterocycles. The fourth-order valence-corrected chi connectivity index (χ4v) is 3.73. The number of hydrogen-bond acceptors (Lipinski definition) is 5. The third-order valence-electron chi connectivity index (χ3n) is 5.19. The highest BCUT2D eigenvalue weighted by molar-refractivity contribution is 4.99. The van der Waals surface area contributed by atoms with Crippen LogP contribution in [-0.2, 0) is 11.3 Å². The predicted molar refractivity (Wildman–Crippen MR) is 94.0 cm³/mol. The summed E-state index contributed by atoms with van der Waals surface area (Å²) in [7, 11) is 0. The second kappa shape index (κ2) is 8.43. The van der Waals surface area contributed by atoms with Gasteiger partial charge >= 0.3 is 0 Å². The molecule has 0 amide bonds. The van der Waals surface area contributed by atoms with Crippen molar-refractivity contribution in [2.75, 3.05) is 45.9 Å². The minimum atomic E-state index is -0.274. The molecule has 0 aliphatic carbocycles.